The van der Waals surface area contributed by atoms with Crippen LogP contribution in [0.15, 0.2) is 82.9 Å². The monoisotopic (exact) mass is 387 g/mol. The molecule has 2 N–H and O–H groups in total. The second-order valence-electron chi connectivity index (χ2n) is 6.29. The third-order valence-electron chi connectivity index (χ3n) is 4.17. The van der Waals surface area contributed by atoms with Crippen LogP contribution < -0.4 is 5.43 Å². The summed E-state index contributed by atoms with van der Waals surface area (Å²) in [5.74, 6) is 1.13. The van der Waals surface area contributed by atoms with Crippen molar-refractivity contribution in [3.05, 3.63) is 94.8 Å². The summed E-state index contributed by atoms with van der Waals surface area (Å²) in [7, 11) is 0. The van der Waals surface area contributed by atoms with Gasteiger partial charge in [-0.3, -0.25) is 5.43 Å². The van der Waals surface area contributed by atoms with Gasteiger partial charge in [0.25, 0.3) is 0 Å². The number of hydrazone groups is 1. The highest BCUT2D eigenvalue weighted by atomic mass is 35.5. The van der Waals surface area contributed by atoms with E-state index in [4.69, 9.17) is 11.6 Å². The van der Waals surface area contributed by atoms with E-state index in [1.54, 1.807) is 6.21 Å². The highest BCUT2D eigenvalue weighted by Gasteiger charge is 2.09. The van der Waals surface area contributed by atoms with Crippen LogP contribution in [0.5, 0.6) is 0 Å². The minimum atomic E-state index is 0.517. The molecule has 0 spiro atoms. The molecule has 0 amide bonds. The van der Waals surface area contributed by atoms with E-state index < -0.39 is 0 Å². The maximum atomic E-state index is 6.19. The molecule has 28 heavy (non-hydrogen) atoms. The number of benzene rings is 3. The number of aliphatic imine (C=N–C) groups is 1. The summed E-state index contributed by atoms with van der Waals surface area (Å²) >= 11 is 6.19. The molecule has 0 aliphatic rings. The number of aromatic nitrogens is 2. The molecule has 0 atom stereocenters. The van der Waals surface area contributed by atoms with Gasteiger partial charge < -0.3 is 4.98 Å². The molecule has 4 rings (SSSR count). The van der Waals surface area contributed by atoms with E-state index in [0.717, 1.165) is 22.3 Å². The lowest BCUT2D eigenvalue weighted by atomic mass is 10.2. The summed E-state index contributed by atoms with van der Waals surface area (Å²) in [4.78, 5) is 12.6. The molecule has 1 heterocycles. The van der Waals surface area contributed by atoms with E-state index in [1.807, 2.05) is 79.7 Å². The third kappa shape index (κ3) is 4.10. The first-order chi connectivity index (χ1) is 13.7. The van der Waals surface area contributed by atoms with Gasteiger partial charge in [0.2, 0.25) is 0 Å². The fourth-order valence-corrected chi connectivity index (χ4v) is 2.87. The van der Waals surface area contributed by atoms with Crippen LogP contribution in [0.25, 0.3) is 11.0 Å². The number of rotatable bonds is 4. The van der Waals surface area contributed by atoms with Crippen LogP contribution >= 0.6 is 11.6 Å². The number of para-hydroxylation sites is 2. The van der Waals surface area contributed by atoms with Gasteiger partial charge in [-0.25, -0.2) is 9.98 Å². The number of aromatic amines is 1. The summed E-state index contributed by atoms with van der Waals surface area (Å²) in [6.45, 7) is 2.04. The van der Waals surface area contributed by atoms with Crippen molar-refractivity contribution in [2.24, 2.45) is 10.1 Å². The minimum Gasteiger partial charge on any atom is -0.335 e. The Bertz CT molecular complexity index is 1130. The summed E-state index contributed by atoms with van der Waals surface area (Å²) in [6, 6.07) is 23.3. The molecule has 0 saturated carbocycles. The Balaban J connectivity index is 1.68. The van der Waals surface area contributed by atoms with Crippen molar-refractivity contribution in [1.29, 1.82) is 0 Å². The van der Waals surface area contributed by atoms with Crippen molar-refractivity contribution in [1.82, 2.24) is 15.4 Å². The minimum absolute atomic E-state index is 0.517. The van der Waals surface area contributed by atoms with Crippen molar-refractivity contribution in [2.75, 3.05) is 0 Å². The van der Waals surface area contributed by atoms with Crippen LogP contribution in [0.1, 0.15) is 17.0 Å². The predicted octanol–water partition coefficient (Wildman–Crippen LogP) is 5.23. The van der Waals surface area contributed by atoms with Crippen LogP contribution in [-0.2, 0) is 0 Å². The number of halogens is 1. The molecule has 0 fully saturated rings. The quantitative estimate of drug-likeness (QED) is 0.286. The largest absolute Gasteiger partial charge is 0.335 e. The maximum Gasteiger partial charge on any atom is 0.190 e. The molecule has 0 radical (unpaired) electrons. The van der Waals surface area contributed by atoms with Crippen molar-refractivity contribution >= 4 is 40.4 Å². The predicted molar refractivity (Wildman–Crippen MR) is 116 cm³/mol. The Morgan fingerprint density at radius 1 is 1.00 bits per heavy atom. The number of fused-ring (bicyclic) bond motifs is 1. The molecule has 0 saturated heterocycles. The van der Waals surface area contributed by atoms with Gasteiger partial charge in [-0.15, -0.1) is 0 Å². The molecule has 5 nitrogen and oxygen atoms in total. The zero-order valence-electron chi connectivity index (χ0n) is 15.2. The molecular formula is C22H18ClN5. The zero-order chi connectivity index (χ0) is 19.3. The van der Waals surface area contributed by atoms with E-state index in [2.05, 4.69) is 25.5 Å². The highest BCUT2D eigenvalue weighted by molar-refractivity contribution is 6.33. The molecule has 6 heteroatoms. The van der Waals surface area contributed by atoms with Gasteiger partial charge in [-0.2, -0.15) is 5.10 Å². The average molecular weight is 388 g/mol. The fraction of sp³-hybridized carbons (Fsp3) is 0.0455. The first kappa shape index (κ1) is 17.9. The van der Waals surface area contributed by atoms with Gasteiger partial charge in [0.05, 0.1) is 22.9 Å². The second kappa shape index (κ2) is 8.06. The molecule has 0 bridgehead atoms. The van der Waals surface area contributed by atoms with E-state index >= 15 is 0 Å². The second-order valence-corrected chi connectivity index (χ2v) is 6.70. The number of aryl methyl sites for hydroxylation is 1. The standard InChI is InChI=1S/C22H18ClN5/c1-15-10-12-17(13-11-15)25-22(21-26-19-8-4-5-9-20(19)27-21)28-24-14-16-6-2-3-7-18(16)23/h2-14H,1H3,(H,25,28)(H,26,27)/b24-14+. The van der Waals surface area contributed by atoms with E-state index in [1.165, 1.54) is 5.56 Å². The Morgan fingerprint density at radius 2 is 1.75 bits per heavy atom. The van der Waals surface area contributed by atoms with Gasteiger partial charge in [0.15, 0.2) is 11.7 Å². The molecule has 138 valence electrons. The van der Waals surface area contributed by atoms with Crippen molar-refractivity contribution in [3.63, 3.8) is 0 Å². The number of nitrogens with zero attached hydrogens (tertiary/aromatic N) is 3. The average Bonchev–Trinajstić information content (AvgIpc) is 3.14. The van der Waals surface area contributed by atoms with Crippen molar-refractivity contribution in [2.45, 2.75) is 6.92 Å². The van der Waals surface area contributed by atoms with Crippen LogP contribution in [0.4, 0.5) is 5.69 Å². The molecule has 0 aliphatic carbocycles. The van der Waals surface area contributed by atoms with Crippen LogP contribution in [-0.4, -0.2) is 22.0 Å². The van der Waals surface area contributed by atoms with Crippen molar-refractivity contribution in [3.8, 4) is 0 Å². The maximum absolute atomic E-state index is 6.19. The molecular weight excluding hydrogens is 370 g/mol. The smallest absolute Gasteiger partial charge is 0.190 e. The SMILES string of the molecule is Cc1ccc(N=C(N/N=C/c2ccccc2Cl)c2nc3ccccc3[nH]2)cc1. The topological polar surface area (TPSA) is 65.4 Å². The van der Waals surface area contributed by atoms with E-state index in [9.17, 15) is 0 Å². The normalized spacial score (nSPS) is 12.0. The number of imidazole rings is 1. The number of amidine groups is 1. The summed E-state index contributed by atoms with van der Waals surface area (Å²) < 4.78 is 0. The summed E-state index contributed by atoms with van der Waals surface area (Å²) in [5, 5.41) is 4.95. The lowest BCUT2D eigenvalue weighted by molar-refractivity contribution is 1.01. The Morgan fingerprint density at radius 3 is 2.54 bits per heavy atom. The number of hydrogen-bond donors (Lipinski definition) is 2. The summed E-state index contributed by atoms with van der Waals surface area (Å²) in [5.41, 5.74) is 7.60. The number of hydrogen-bond acceptors (Lipinski definition) is 3. The first-order valence-corrected chi connectivity index (χ1v) is 9.21. The highest BCUT2D eigenvalue weighted by Crippen LogP contribution is 2.16. The molecule has 3 aromatic carbocycles. The molecule has 0 aliphatic heterocycles. The number of H-pyrrole nitrogens is 1. The Kier molecular flexibility index (Phi) is 5.17. The zero-order valence-corrected chi connectivity index (χ0v) is 16.0. The van der Waals surface area contributed by atoms with Gasteiger partial charge in [0.1, 0.15) is 0 Å². The van der Waals surface area contributed by atoms with Crippen LogP contribution in [0, 0.1) is 6.92 Å². The fourth-order valence-electron chi connectivity index (χ4n) is 2.69. The Labute approximate surface area is 167 Å². The third-order valence-corrected chi connectivity index (χ3v) is 4.51. The van der Waals surface area contributed by atoms with Gasteiger partial charge in [-0.1, -0.05) is 59.6 Å². The van der Waals surface area contributed by atoms with Gasteiger partial charge >= 0.3 is 0 Å². The van der Waals surface area contributed by atoms with Gasteiger partial charge in [-0.05, 0) is 37.3 Å². The number of nitrogens with one attached hydrogen (secondary N) is 2. The van der Waals surface area contributed by atoms with E-state index in [0.29, 0.717) is 16.7 Å². The van der Waals surface area contributed by atoms with Gasteiger partial charge in [0, 0.05) is 10.6 Å². The van der Waals surface area contributed by atoms with Crippen molar-refractivity contribution < 1.29 is 0 Å². The Hall–Kier alpha value is -3.44. The lowest BCUT2D eigenvalue weighted by Gasteiger charge is -2.04. The van der Waals surface area contributed by atoms with E-state index in [-0.39, 0.29) is 0 Å². The summed E-state index contributed by atoms with van der Waals surface area (Å²) in [6.07, 6.45) is 1.66. The van der Waals surface area contributed by atoms with Crippen LogP contribution in [0.3, 0.4) is 0 Å². The lowest BCUT2D eigenvalue weighted by Crippen LogP contribution is -2.20. The van der Waals surface area contributed by atoms with Crippen LogP contribution in [0.2, 0.25) is 5.02 Å². The molecule has 0 unspecified atom stereocenters. The molecule has 4 aromatic rings. The molecule has 1 aromatic heterocycles. The first-order valence-electron chi connectivity index (χ1n) is 8.83.